The van der Waals surface area contributed by atoms with E-state index in [2.05, 4.69) is 15.0 Å². The molecule has 138 valence electrons. The van der Waals surface area contributed by atoms with Gasteiger partial charge in [0.05, 0.1) is 28.2 Å². The Hall–Kier alpha value is -2.86. The number of pyridine rings is 1. The van der Waals surface area contributed by atoms with Gasteiger partial charge in [-0.1, -0.05) is 23.7 Å². The van der Waals surface area contributed by atoms with Crippen molar-refractivity contribution in [2.24, 2.45) is 0 Å². The molecule has 1 amide bonds. The first kappa shape index (κ1) is 17.5. The average Bonchev–Trinajstić information content (AvgIpc) is 3.07. The van der Waals surface area contributed by atoms with Crippen molar-refractivity contribution in [3.8, 4) is 5.69 Å². The number of benzene rings is 1. The first-order valence-corrected chi connectivity index (χ1v) is 9.34. The lowest BCUT2D eigenvalue weighted by atomic mass is 10.2. The highest BCUT2D eigenvalue weighted by atomic mass is 35.5. The number of nitrogens with zero attached hydrogens (tertiary/aromatic N) is 5. The summed E-state index contributed by atoms with van der Waals surface area (Å²) in [5, 5.41) is 5.06. The molecule has 1 fully saturated rings. The molecule has 4 rings (SSSR count). The predicted octanol–water partition coefficient (Wildman–Crippen LogP) is 3.27. The van der Waals surface area contributed by atoms with Crippen LogP contribution in [0.3, 0.4) is 0 Å². The second kappa shape index (κ2) is 7.80. The van der Waals surface area contributed by atoms with Gasteiger partial charge in [0.25, 0.3) is 5.91 Å². The van der Waals surface area contributed by atoms with Crippen LogP contribution in [0, 0.1) is 0 Å². The summed E-state index contributed by atoms with van der Waals surface area (Å²) in [6.07, 6.45) is 7.70. The zero-order chi connectivity index (χ0) is 18.6. The van der Waals surface area contributed by atoms with Gasteiger partial charge in [-0.05, 0) is 30.7 Å². The Morgan fingerprint density at radius 1 is 1.00 bits per heavy atom. The number of hydrogen-bond donors (Lipinski definition) is 0. The summed E-state index contributed by atoms with van der Waals surface area (Å²) < 4.78 is 1.70. The standard InChI is InChI=1S/C20H20ClN5O/c21-18-4-1-2-5-19(18)24-10-3-11-25(13-12-24)20(27)16-14-23-26(15-16)17-6-8-22-9-7-17/h1-2,4-9,14-15H,3,10-13H2. The molecular weight excluding hydrogens is 362 g/mol. The summed E-state index contributed by atoms with van der Waals surface area (Å²) in [6, 6.07) is 11.6. The van der Waals surface area contributed by atoms with E-state index < -0.39 is 0 Å². The number of halogens is 1. The molecule has 0 atom stereocenters. The van der Waals surface area contributed by atoms with Gasteiger partial charge in [-0.3, -0.25) is 9.78 Å². The summed E-state index contributed by atoms with van der Waals surface area (Å²) in [7, 11) is 0. The third-order valence-corrected chi connectivity index (χ3v) is 5.05. The zero-order valence-corrected chi connectivity index (χ0v) is 15.6. The number of carbonyl (C=O) groups excluding carboxylic acids is 1. The van der Waals surface area contributed by atoms with Gasteiger partial charge in [-0.25, -0.2) is 4.68 Å². The van der Waals surface area contributed by atoms with Crippen molar-refractivity contribution < 1.29 is 4.79 Å². The maximum absolute atomic E-state index is 12.9. The number of anilines is 1. The van der Waals surface area contributed by atoms with E-state index in [1.54, 1.807) is 29.5 Å². The fourth-order valence-corrected chi connectivity index (χ4v) is 3.58. The molecule has 0 aliphatic carbocycles. The van der Waals surface area contributed by atoms with Gasteiger partial charge >= 0.3 is 0 Å². The van der Waals surface area contributed by atoms with Crippen LogP contribution < -0.4 is 4.90 Å². The first-order valence-electron chi connectivity index (χ1n) is 8.96. The van der Waals surface area contributed by atoms with Gasteiger partial charge in [-0.15, -0.1) is 0 Å². The van der Waals surface area contributed by atoms with E-state index in [0.29, 0.717) is 12.1 Å². The molecule has 1 aliphatic heterocycles. The number of carbonyl (C=O) groups is 1. The maximum atomic E-state index is 12.9. The smallest absolute Gasteiger partial charge is 0.257 e. The van der Waals surface area contributed by atoms with E-state index in [4.69, 9.17) is 11.6 Å². The van der Waals surface area contributed by atoms with Crippen molar-refractivity contribution in [2.75, 3.05) is 31.1 Å². The minimum Gasteiger partial charge on any atom is -0.368 e. The number of aromatic nitrogens is 3. The molecule has 1 aromatic carbocycles. The summed E-state index contributed by atoms with van der Waals surface area (Å²) in [4.78, 5) is 21.1. The molecule has 3 aromatic rings. The van der Waals surface area contributed by atoms with Gasteiger partial charge in [0, 0.05) is 44.8 Å². The largest absolute Gasteiger partial charge is 0.368 e. The Kier molecular flexibility index (Phi) is 5.07. The fraction of sp³-hybridized carbons (Fsp3) is 0.250. The molecule has 7 heteroatoms. The van der Waals surface area contributed by atoms with Crippen LogP contribution in [0.4, 0.5) is 5.69 Å². The quantitative estimate of drug-likeness (QED) is 0.698. The zero-order valence-electron chi connectivity index (χ0n) is 14.8. The van der Waals surface area contributed by atoms with Crippen LogP contribution in [-0.2, 0) is 0 Å². The lowest BCUT2D eigenvalue weighted by Crippen LogP contribution is -2.35. The second-order valence-corrected chi connectivity index (χ2v) is 6.87. The Balaban J connectivity index is 1.46. The average molecular weight is 382 g/mol. The molecule has 0 unspecified atom stereocenters. The van der Waals surface area contributed by atoms with Gasteiger partial charge in [-0.2, -0.15) is 5.10 Å². The first-order chi connectivity index (χ1) is 13.2. The molecule has 27 heavy (non-hydrogen) atoms. The molecular formula is C20H20ClN5O. The number of para-hydroxylation sites is 1. The van der Waals surface area contributed by atoms with Crippen molar-refractivity contribution in [1.29, 1.82) is 0 Å². The van der Waals surface area contributed by atoms with E-state index in [9.17, 15) is 4.79 Å². The van der Waals surface area contributed by atoms with Crippen molar-refractivity contribution in [1.82, 2.24) is 19.7 Å². The van der Waals surface area contributed by atoms with Crippen LogP contribution >= 0.6 is 11.6 Å². The number of hydrogen-bond acceptors (Lipinski definition) is 4. The SMILES string of the molecule is O=C(c1cnn(-c2ccncc2)c1)N1CCCN(c2ccccc2Cl)CC1. The highest BCUT2D eigenvalue weighted by Gasteiger charge is 2.22. The molecule has 0 saturated carbocycles. The molecule has 1 aliphatic rings. The van der Waals surface area contributed by atoms with Crippen LogP contribution in [0.2, 0.25) is 5.02 Å². The molecule has 0 radical (unpaired) electrons. The molecule has 0 bridgehead atoms. The number of rotatable bonds is 3. The molecule has 6 nitrogen and oxygen atoms in total. The van der Waals surface area contributed by atoms with Crippen LogP contribution in [0.1, 0.15) is 16.8 Å². The van der Waals surface area contributed by atoms with Crippen molar-refractivity contribution >= 4 is 23.2 Å². The summed E-state index contributed by atoms with van der Waals surface area (Å²) in [6.45, 7) is 3.02. The van der Waals surface area contributed by atoms with Crippen molar-refractivity contribution in [3.05, 3.63) is 71.8 Å². The van der Waals surface area contributed by atoms with Gasteiger partial charge < -0.3 is 9.80 Å². The lowest BCUT2D eigenvalue weighted by molar-refractivity contribution is 0.0767. The molecule has 0 N–H and O–H groups in total. The Bertz CT molecular complexity index is 927. The van der Waals surface area contributed by atoms with Crippen LogP contribution in [0.25, 0.3) is 5.69 Å². The van der Waals surface area contributed by atoms with Crippen LogP contribution in [0.15, 0.2) is 61.2 Å². The molecule has 0 spiro atoms. The van der Waals surface area contributed by atoms with E-state index in [1.807, 2.05) is 41.3 Å². The minimum atomic E-state index is 0.0105. The second-order valence-electron chi connectivity index (χ2n) is 6.46. The molecule has 1 saturated heterocycles. The van der Waals surface area contributed by atoms with E-state index in [-0.39, 0.29) is 5.91 Å². The van der Waals surface area contributed by atoms with Crippen molar-refractivity contribution in [2.45, 2.75) is 6.42 Å². The third-order valence-electron chi connectivity index (χ3n) is 4.73. The van der Waals surface area contributed by atoms with Crippen LogP contribution in [0.5, 0.6) is 0 Å². The van der Waals surface area contributed by atoms with E-state index in [0.717, 1.165) is 42.5 Å². The van der Waals surface area contributed by atoms with Gasteiger partial charge in [0.15, 0.2) is 0 Å². The predicted molar refractivity (Wildman–Crippen MR) is 106 cm³/mol. The third kappa shape index (κ3) is 3.80. The maximum Gasteiger partial charge on any atom is 0.257 e. The van der Waals surface area contributed by atoms with Crippen LogP contribution in [-0.4, -0.2) is 51.8 Å². The summed E-state index contributed by atoms with van der Waals surface area (Å²) in [5.74, 6) is 0.0105. The topological polar surface area (TPSA) is 54.3 Å². The highest BCUT2D eigenvalue weighted by molar-refractivity contribution is 6.33. The van der Waals surface area contributed by atoms with Gasteiger partial charge in [0.2, 0.25) is 0 Å². The normalized spacial score (nSPS) is 14.9. The Morgan fingerprint density at radius 3 is 2.63 bits per heavy atom. The van der Waals surface area contributed by atoms with Crippen molar-refractivity contribution in [3.63, 3.8) is 0 Å². The lowest BCUT2D eigenvalue weighted by Gasteiger charge is -2.24. The fourth-order valence-electron chi connectivity index (χ4n) is 3.32. The van der Waals surface area contributed by atoms with E-state index >= 15 is 0 Å². The monoisotopic (exact) mass is 381 g/mol. The highest BCUT2D eigenvalue weighted by Crippen LogP contribution is 2.26. The number of amides is 1. The van der Waals surface area contributed by atoms with E-state index in [1.165, 1.54) is 0 Å². The van der Waals surface area contributed by atoms with Gasteiger partial charge in [0.1, 0.15) is 0 Å². The Morgan fingerprint density at radius 2 is 1.81 bits per heavy atom. The molecule has 2 aromatic heterocycles. The summed E-state index contributed by atoms with van der Waals surface area (Å²) >= 11 is 6.33. The molecule has 3 heterocycles. The minimum absolute atomic E-state index is 0.0105. The summed E-state index contributed by atoms with van der Waals surface area (Å²) in [5.41, 5.74) is 2.50. The Labute approximate surface area is 163 Å².